The van der Waals surface area contributed by atoms with Gasteiger partial charge in [-0.15, -0.1) is 0 Å². The number of amides is 2. The summed E-state index contributed by atoms with van der Waals surface area (Å²) in [5.41, 5.74) is 0. The Hall–Kier alpha value is -0.990. The summed E-state index contributed by atoms with van der Waals surface area (Å²) >= 11 is 0. The van der Waals surface area contributed by atoms with Crippen LogP contribution in [0.1, 0.15) is 32.1 Å². The topological polar surface area (TPSA) is 41.1 Å². The summed E-state index contributed by atoms with van der Waals surface area (Å²) in [5.74, 6) is 0.632. The largest absolute Gasteiger partial charge is 0.331 e. The van der Waals surface area contributed by atoms with Gasteiger partial charge in [-0.1, -0.05) is 19.3 Å². The lowest BCUT2D eigenvalue weighted by molar-refractivity contribution is 0.228. The van der Waals surface area contributed by atoms with Gasteiger partial charge in [0.2, 0.25) is 0 Å². The molecular weight excluding hydrogens is 164 g/mol. The number of nitrogens with one attached hydrogen (secondary N) is 2. The van der Waals surface area contributed by atoms with Crippen LogP contribution in [0.5, 0.6) is 0 Å². The molecule has 1 saturated carbocycles. The molecule has 3 nitrogen and oxygen atoms in total. The van der Waals surface area contributed by atoms with Crippen LogP contribution in [0.3, 0.4) is 0 Å². The van der Waals surface area contributed by atoms with Crippen molar-refractivity contribution < 1.29 is 4.79 Å². The predicted octanol–water partition coefficient (Wildman–Crippen LogP) is 1.56. The van der Waals surface area contributed by atoms with E-state index in [0.717, 1.165) is 0 Å². The van der Waals surface area contributed by atoms with Gasteiger partial charge >= 0.3 is 6.03 Å². The van der Waals surface area contributed by atoms with E-state index >= 15 is 0 Å². The molecule has 1 aliphatic carbocycles. The molecule has 0 bridgehead atoms. The average molecular weight is 179 g/mol. The zero-order valence-electron chi connectivity index (χ0n) is 7.68. The molecule has 1 aliphatic heterocycles. The minimum atomic E-state index is -0.113. The molecule has 0 aromatic rings. The highest BCUT2D eigenvalue weighted by molar-refractivity contribution is 5.76. The van der Waals surface area contributed by atoms with Crippen LogP contribution in [-0.2, 0) is 0 Å². The first-order valence-electron chi connectivity index (χ1n) is 5.01. The molecule has 2 N–H and O–H groups in total. The van der Waals surface area contributed by atoms with Gasteiger partial charge in [-0.3, -0.25) is 0 Å². The molecule has 0 spiro atoms. The molecule has 0 aromatic heterocycles. The van der Waals surface area contributed by atoms with Gasteiger partial charge in [0.1, 0.15) is 0 Å². The van der Waals surface area contributed by atoms with Gasteiger partial charge in [0, 0.05) is 0 Å². The third-order valence-corrected chi connectivity index (χ3v) is 2.90. The van der Waals surface area contributed by atoms with Gasteiger partial charge in [0.15, 0.2) is 0 Å². The molecule has 2 amide bonds. The molecule has 0 saturated heterocycles. The van der Waals surface area contributed by atoms with Crippen LogP contribution in [0, 0.1) is 12.1 Å². The number of hydrogen-bond donors (Lipinski definition) is 2. The number of rotatable bonds is 1. The summed E-state index contributed by atoms with van der Waals surface area (Å²) < 4.78 is 0. The maximum Gasteiger partial charge on any atom is 0.319 e. The van der Waals surface area contributed by atoms with Crippen LogP contribution >= 0.6 is 0 Å². The van der Waals surface area contributed by atoms with Crippen LogP contribution < -0.4 is 10.6 Å². The standard InChI is InChI=1S/C10H15N2O/c13-10-11-7-6-9(12-10)8-4-2-1-3-5-8/h6,8-9H,1-5H2,(H2,11,12,13). The van der Waals surface area contributed by atoms with Crippen molar-refractivity contribution in [3.63, 3.8) is 0 Å². The highest BCUT2D eigenvalue weighted by Gasteiger charge is 2.24. The van der Waals surface area contributed by atoms with Gasteiger partial charge < -0.3 is 10.6 Å². The molecule has 0 aromatic carbocycles. The van der Waals surface area contributed by atoms with Crippen molar-refractivity contribution in [3.05, 3.63) is 12.3 Å². The van der Waals surface area contributed by atoms with Crippen molar-refractivity contribution in [1.82, 2.24) is 10.6 Å². The maximum absolute atomic E-state index is 11.0. The van der Waals surface area contributed by atoms with E-state index in [0.29, 0.717) is 5.92 Å². The van der Waals surface area contributed by atoms with Crippen LogP contribution in [0.2, 0.25) is 0 Å². The first kappa shape index (κ1) is 8.60. The van der Waals surface area contributed by atoms with E-state index in [9.17, 15) is 4.79 Å². The van der Waals surface area contributed by atoms with Crippen molar-refractivity contribution >= 4 is 6.03 Å². The van der Waals surface area contributed by atoms with Gasteiger partial charge in [0.05, 0.1) is 12.2 Å². The van der Waals surface area contributed by atoms with Gasteiger partial charge in [-0.25, -0.2) is 4.79 Å². The molecule has 71 valence electrons. The normalized spacial score (nSPS) is 29.5. The monoisotopic (exact) mass is 179 g/mol. The minimum absolute atomic E-state index is 0.113. The number of carbonyl (C=O) groups is 1. The summed E-state index contributed by atoms with van der Waals surface area (Å²) in [6, 6.07) is 0.104. The van der Waals surface area contributed by atoms with Crippen molar-refractivity contribution in [2.24, 2.45) is 5.92 Å². The fourth-order valence-corrected chi connectivity index (χ4v) is 2.17. The Morgan fingerprint density at radius 2 is 2.08 bits per heavy atom. The SMILES string of the molecule is O=C1N[C]=CC(C2CCCCC2)N1. The minimum Gasteiger partial charge on any atom is -0.331 e. The molecular formula is C10H15N2O. The van der Waals surface area contributed by atoms with Crippen LogP contribution in [0.15, 0.2) is 6.08 Å². The van der Waals surface area contributed by atoms with Crippen LogP contribution in [0.4, 0.5) is 4.79 Å². The van der Waals surface area contributed by atoms with Gasteiger partial charge in [-0.05, 0) is 24.8 Å². The van der Waals surface area contributed by atoms with E-state index in [1.165, 1.54) is 32.1 Å². The van der Waals surface area contributed by atoms with Crippen LogP contribution in [0.25, 0.3) is 0 Å². The van der Waals surface area contributed by atoms with E-state index in [2.05, 4.69) is 16.8 Å². The van der Waals surface area contributed by atoms with E-state index in [-0.39, 0.29) is 12.1 Å². The molecule has 1 atom stereocenters. The smallest absolute Gasteiger partial charge is 0.319 e. The Kier molecular flexibility index (Phi) is 2.52. The lowest BCUT2D eigenvalue weighted by Gasteiger charge is -2.30. The fraction of sp³-hybridized carbons (Fsp3) is 0.700. The maximum atomic E-state index is 11.0. The van der Waals surface area contributed by atoms with E-state index in [1.54, 1.807) is 0 Å². The van der Waals surface area contributed by atoms with Gasteiger partial charge in [0.25, 0.3) is 0 Å². The second-order valence-electron chi connectivity index (χ2n) is 3.83. The molecule has 13 heavy (non-hydrogen) atoms. The Bertz CT molecular complexity index is 219. The summed E-state index contributed by atoms with van der Waals surface area (Å²) in [6.45, 7) is 0. The number of carbonyl (C=O) groups excluding carboxylic acids is 1. The summed E-state index contributed by atoms with van der Waals surface area (Å²) in [5, 5.41) is 5.41. The highest BCUT2D eigenvalue weighted by atomic mass is 16.2. The lowest BCUT2D eigenvalue weighted by Crippen LogP contribution is -2.47. The summed E-state index contributed by atoms with van der Waals surface area (Å²) in [6.07, 6.45) is 11.2. The fourth-order valence-electron chi connectivity index (χ4n) is 2.17. The van der Waals surface area contributed by atoms with E-state index < -0.39 is 0 Å². The number of hydrogen-bond acceptors (Lipinski definition) is 1. The molecule has 2 rings (SSSR count). The molecule has 2 aliphatic rings. The van der Waals surface area contributed by atoms with E-state index in [4.69, 9.17) is 0 Å². The predicted molar refractivity (Wildman–Crippen MR) is 49.8 cm³/mol. The summed E-state index contributed by atoms with van der Waals surface area (Å²) in [4.78, 5) is 11.0. The first-order chi connectivity index (χ1) is 6.36. The zero-order chi connectivity index (χ0) is 9.10. The molecule has 3 heteroatoms. The van der Waals surface area contributed by atoms with Crippen LogP contribution in [-0.4, -0.2) is 12.1 Å². The molecule has 1 unspecified atom stereocenters. The van der Waals surface area contributed by atoms with E-state index in [1.807, 2.05) is 6.08 Å². The van der Waals surface area contributed by atoms with Crippen molar-refractivity contribution in [2.45, 2.75) is 38.1 Å². The Labute approximate surface area is 78.6 Å². The third kappa shape index (κ3) is 2.02. The third-order valence-electron chi connectivity index (χ3n) is 2.90. The zero-order valence-corrected chi connectivity index (χ0v) is 7.68. The van der Waals surface area contributed by atoms with Gasteiger partial charge in [-0.2, -0.15) is 0 Å². The Balaban J connectivity index is 1.94. The second kappa shape index (κ2) is 3.81. The quantitative estimate of drug-likeness (QED) is 0.630. The number of urea groups is 1. The average Bonchev–Trinajstić information content (AvgIpc) is 2.19. The molecule has 1 fully saturated rings. The Morgan fingerprint density at radius 1 is 1.31 bits per heavy atom. The summed E-state index contributed by atoms with van der Waals surface area (Å²) in [7, 11) is 0. The molecule has 1 heterocycles. The van der Waals surface area contributed by atoms with Crippen molar-refractivity contribution in [3.8, 4) is 0 Å². The van der Waals surface area contributed by atoms with Crippen molar-refractivity contribution in [1.29, 1.82) is 0 Å². The highest BCUT2D eigenvalue weighted by Crippen LogP contribution is 2.27. The Morgan fingerprint density at radius 3 is 2.77 bits per heavy atom. The second-order valence-corrected chi connectivity index (χ2v) is 3.83. The lowest BCUT2D eigenvalue weighted by atomic mass is 9.83. The first-order valence-corrected chi connectivity index (χ1v) is 5.01. The van der Waals surface area contributed by atoms with Crippen molar-refractivity contribution in [2.75, 3.05) is 0 Å². The molecule has 1 radical (unpaired) electrons.